The van der Waals surface area contributed by atoms with Crippen LogP contribution >= 0.6 is 11.8 Å². The molecule has 1 aromatic carbocycles. The van der Waals surface area contributed by atoms with Crippen molar-refractivity contribution in [3.05, 3.63) is 41.8 Å². The highest BCUT2D eigenvalue weighted by Crippen LogP contribution is 2.24. The van der Waals surface area contributed by atoms with Crippen molar-refractivity contribution in [3.8, 4) is 0 Å². The fourth-order valence-corrected chi connectivity index (χ4v) is 2.58. The van der Waals surface area contributed by atoms with Crippen molar-refractivity contribution < 1.29 is 8.91 Å². The van der Waals surface area contributed by atoms with E-state index in [2.05, 4.69) is 22.4 Å². The zero-order chi connectivity index (χ0) is 14.4. The van der Waals surface area contributed by atoms with Crippen LogP contribution in [0.4, 0.5) is 4.39 Å². The Morgan fingerprint density at radius 3 is 2.90 bits per heavy atom. The van der Waals surface area contributed by atoms with E-state index in [4.69, 9.17) is 4.52 Å². The maximum atomic E-state index is 13.5. The number of hydrogen-bond acceptors (Lipinski definition) is 5. The van der Waals surface area contributed by atoms with Gasteiger partial charge in [0.25, 0.3) is 0 Å². The zero-order valence-electron chi connectivity index (χ0n) is 11.6. The van der Waals surface area contributed by atoms with Gasteiger partial charge < -0.3 is 9.84 Å². The van der Waals surface area contributed by atoms with Gasteiger partial charge in [0.2, 0.25) is 5.89 Å². The summed E-state index contributed by atoms with van der Waals surface area (Å²) in [7, 11) is 1.92. The van der Waals surface area contributed by atoms with Crippen LogP contribution in [0.1, 0.15) is 25.1 Å². The number of aromatic nitrogens is 2. The summed E-state index contributed by atoms with van der Waals surface area (Å²) in [5, 5.41) is 7.12. The molecule has 0 radical (unpaired) electrons. The summed E-state index contributed by atoms with van der Waals surface area (Å²) in [6.45, 7) is 2.10. The molecule has 1 atom stereocenters. The Hall–Kier alpha value is -1.40. The molecule has 0 aliphatic rings. The van der Waals surface area contributed by atoms with Crippen LogP contribution in [0.25, 0.3) is 0 Å². The standard InChI is InChI=1S/C14H18FN3OS/c1-3-10(16-2)8-14-17-13(18-19-14)9-20-12-7-5-4-6-11(12)15/h4-7,10,16H,3,8-9H2,1-2H3. The molecule has 0 aliphatic carbocycles. The Balaban J connectivity index is 1.91. The van der Waals surface area contributed by atoms with E-state index >= 15 is 0 Å². The van der Waals surface area contributed by atoms with E-state index in [1.165, 1.54) is 17.8 Å². The average Bonchev–Trinajstić information content (AvgIpc) is 2.91. The molecule has 108 valence electrons. The average molecular weight is 295 g/mol. The minimum Gasteiger partial charge on any atom is -0.339 e. The number of likely N-dealkylation sites (N-methyl/N-ethyl adjacent to an activating group) is 1. The number of halogens is 1. The van der Waals surface area contributed by atoms with E-state index in [-0.39, 0.29) is 5.82 Å². The number of nitrogens with zero attached hydrogens (tertiary/aromatic N) is 2. The number of hydrogen-bond donors (Lipinski definition) is 1. The van der Waals surface area contributed by atoms with Gasteiger partial charge in [0, 0.05) is 17.4 Å². The molecule has 1 aromatic heterocycles. The Morgan fingerprint density at radius 1 is 1.40 bits per heavy atom. The predicted octanol–water partition coefficient (Wildman–Crippen LogP) is 3.04. The minimum absolute atomic E-state index is 0.220. The summed E-state index contributed by atoms with van der Waals surface area (Å²) in [5.74, 6) is 1.50. The Bertz CT molecular complexity index is 543. The third-order valence-corrected chi connectivity index (χ3v) is 4.07. The maximum Gasteiger partial charge on any atom is 0.228 e. The quantitative estimate of drug-likeness (QED) is 0.796. The van der Waals surface area contributed by atoms with Crippen LogP contribution in [0.5, 0.6) is 0 Å². The lowest BCUT2D eigenvalue weighted by Crippen LogP contribution is -2.26. The van der Waals surface area contributed by atoms with Crippen LogP contribution in [0.3, 0.4) is 0 Å². The van der Waals surface area contributed by atoms with Crippen LogP contribution in [0, 0.1) is 5.82 Å². The molecule has 0 saturated carbocycles. The highest BCUT2D eigenvalue weighted by molar-refractivity contribution is 7.98. The molecular weight excluding hydrogens is 277 g/mol. The molecule has 2 aromatic rings. The van der Waals surface area contributed by atoms with Crippen molar-refractivity contribution in [2.45, 2.75) is 36.5 Å². The normalized spacial score (nSPS) is 12.6. The van der Waals surface area contributed by atoms with E-state index in [9.17, 15) is 4.39 Å². The molecule has 1 N–H and O–H groups in total. The van der Waals surface area contributed by atoms with Gasteiger partial charge in [-0.05, 0) is 25.6 Å². The van der Waals surface area contributed by atoms with E-state index in [0.29, 0.717) is 34.8 Å². The van der Waals surface area contributed by atoms with Crippen molar-refractivity contribution in [1.29, 1.82) is 0 Å². The van der Waals surface area contributed by atoms with Crippen molar-refractivity contribution in [1.82, 2.24) is 15.5 Å². The molecule has 0 spiro atoms. The summed E-state index contributed by atoms with van der Waals surface area (Å²) < 4.78 is 18.7. The SMILES string of the molecule is CCC(Cc1nc(CSc2ccccc2F)no1)NC. The predicted molar refractivity (Wildman–Crippen MR) is 77.1 cm³/mol. The third-order valence-electron chi connectivity index (χ3n) is 3.03. The molecular formula is C14H18FN3OS. The lowest BCUT2D eigenvalue weighted by atomic mass is 10.1. The van der Waals surface area contributed by atoms with E-state index in [1.54, 1.807) is 12.1 Å². The van der Waals surface area contributed by atoms with Gasteiger partial charge in [-0.3, -0.25) is 0 Å². The molecule has 0 fully saturated rings. The third kappa shape index (κ3) is 4.05. The smallest absolute Gasteiger partial charge is 0.228 e. The molecule has 2 rings (SSSR count). The van der Waals surface area contributed by atoms with Gasteiger partial charge in [-0.1, -0.05) is 24.2 Å². The fraction of sp³-hybridized carbons (Fsp3) is 0.429. The maximum absolute atomic E-state index is 13.5. The molecule has 6 heteroatoms. The van der Waals surface area contributed by atoms with Crippen LogP contribution in [0.2, 0.25) is 0 Å². The minimum atomic E-state index is -0.220. The second-order valence-electron chi connectivity index (χ2n) is 4.42. The van der Waals surface area contributed by atoms with Crippen LogP contribution in [-0.2, 0) is 12.2 Å². The Morgan fingerprint density at radius 2 is 2.20 bits per heavy atom. The van der Waals surface area contributed by atoms with Gasteiger partial charge in [0.05, 0.1) is 5.75 Å². The van der Waals surface area contributed by atoms with Gasteiger partial charge >= 0.3 is 0 Å². The van der Waals surface area contributed by atoms with Gasteiger partial charge in [-0.15, -0.1) is 11.8 Å². The first-order chi connectivity index (χ1) is 9.72. The molecule has 4 nitrogen and oxygen atoms in total. The first-order valence-electron chi connectivity index (χ1n) is 6.59. The van der Waals surface area contributed by atoms with Crippen LogP contribution < -0.4 is 5.32 Å². The van der Waals surface area contributed by atoms with E-state index in [0.717, 1.165) is 6.42 Å². The molecule has 0 aliphatic heterocycles. The first kappa shape index (κ1) is 15.0. The van der Waals surface area contributed by atoms with E-state index < -0.39 is 0 Å². The van der Waals surface area contributed by atoms with Crippen LogP contribution in [0.15, 0.2) is 33.7 Å². The van der Waals surface area contributed by atoms with E-state index in [1.807, 2.05) is 13.1 Å². The number of nitrogens with one attached hydrogen (secondary N) is 1. The highest BCUT2D eigenvalue weighted by atomic mass is 32.2. The molecule has 0 amide bonds. The Labute approximate surface area is 122 Å². The molecule has 0 saturated heterocycles. The van der Waals surface area contributed by atoms with Gasteiger partial charge in [0.15, 0.2) is 5.82 Å². The molecule has 1 heterocycles. The lowest BCUT2D eigenvalue weighted by molar-refractivity contribution is 0.356. The summed E-state index contributed by atoms with van der Waals surface area (Å²) in [4.78, 5) is 4.93. The van der Waals surface area contributed by atoms with Crippen molar-refractivity contribution >= 4 is 11.8 Å². The molecule has 1 unspecified atom stereocenters. The summed E-state index contributed by atoms with van der Waals surface area (Å²) in [6.07, 6.45) is 1.71. The second kappa shape index (κ2) is 7.40. The zero-order valence-corrected chi connectivity index (χ0v) is 12.4. The second-order valence-corrected chi connectivity index (χ2v) is 5.44. The van der Waals surface area contributed by atoms with Gasteiger partial charge in [-0.2, -0.15) is 4.98 Å². The van der Waals surface area contributed by atoms with Gasteiger partial charge in [-0.25, -0.2) is 4.39 Å². The topological polar surface area (TPSA) is 51.0 Å². The van der Waals surface area contributed by atoms with Crippen LogP contribution in [-0.4, -0.2) is 23.2 Å². The number of rotatable bonds is 7. The first-order valence-corrected chi connectivity index (χ1v) is 7.57. The summed E-state index contributed by atoms with van der Waals surface area (Å²) in [6, 6.07) is 7.01. The summed E-state index contributed by atoms with van der Waals surface area (Å²) >= 11 is 1.37. The molecule has 0 bridgehead atoms. The largest absolute Gasteiger partial charge is 0.339 e. The number of thioether (sulfide) groups is 1. The fourth-order valence-electron chi connectivity index (χ4n) is 1.80. The van der Waals surface area contributed by atoms with Gasteiger partial charge in [0.1, 0.15) is 5.82 Å². The lowest BCUT2D eigenvalue weighted by Gasteiger charge is -2.09. The highest BCUT2D eigenvalue weighted by Gasteiger charge is 2.12. The monoisotopic (exact) mass is 295 g/mol. The van der Waals surface area contributed by atoms with Crippen molar-refractivity contribution in [2.24, 2.45) is 0 Å². The molecule has 20 heavy (non-hydrogen) atoms. The van der Waals surface area contributed by atoms with Crippen molar-refractivity contribution in [2.75, 3.05) is 7.05 Å². The van der Waals surface area contributed by atoms with Crippen molar-refractivity contribution in [3.63, 3.8) is 0 Å². The summed E-state index contributed by atoms with van der Waals surface area (Å²) in [5.41, 5.74) is 0. The Kier molecular flexibility index (Phi) is 5.55. The number of benzene rings is 1.